The van der Waals surface area contributed by atoms with E-state index in [0.29, 0.717) is 5.41 Å². The monoisotopic (exact) mass is 381 g/mol. The number of hydrogen-bond acceptors (Lipinski definition) is 3. The SMILES string of the molecule is COc1ccccc1CN1CCC2(CC1)CCN(C(=O)c1cccn1C)CC2. The summed E-state index contributed by atoms with van der Waals surface area (Å²) in [6.07, 6.45) is 6.66. The van der Waals surface area contributed by atoms with Crippen LogP contribution in [0.15, 0.2) is 42.6 Å². The molecule has 0 unspecified atom stereocenters. The Bertz CT molecular complexity index is 811. The van der Waals surface area contributed by atoms with E-state index in [1.54, 1.807) is 7.11 Å². The number of aryl methyl sites for hydroxylation is 1. The largest absolute Gasteiger partial charge is 0.496 e. The summed E-state index contributed by atoms with van der Waals surface area (Å²) >= 11 is 0. The molecule has 2 aliphatic rings. The number of nitrogens with zero attached hydrogens (tertiary/aromatic N) is 3. The second-order valence-electron chi connectivity index (χ2n) is 8.38. The highest BCUT2D eigenvalue weighted by Crippen LogP contribution is 2.42. The molecule has 0 aliphatic carbocycles. The molecule has 4 rings (SSSR count). The van der Waals surface area contributed by atoms with Gasteiger partial charge in [-0.25, -0.2) is 0 Å². The van der Waals surface area contributed by atoms with Gasteiger partial charge in [0.15, 0.2) is 0 Å². The maximum Gasteiger partial charge on any atom is 0.270 e. The summed E-state index contributed by atoms with van der Waals surface area (Å²) in [5, 5.41) is 0. The minimum absolute atomic E-state index is 0.177. The van der Waals surface area contributed by atoms with Gasteiger partial charge in [0.2, 0.25) is 0 Å². The van der Waals surface area contributed by atoms with E-state index >= 15 is 0 Å². The van der Waals surface area contributed by atoms with E-state index in [0.717, 1.165) is 57.0 Å². The molecule has 2 saturated heterocycles. The predicted octanol–water partition coefficient (Wildman–Crippen LogP) is 3.55. The Kier molecular flexibility index (Phi) is 5.44. The van der Waals surface area contributed by atoms with Crippen LogP contribution in [-0.4, -0.2) is 53.6 Å². The lowest BCUT2D eigenvalue weighted by Gasteiger charge is -2.47. The Balaban J connectivity index is 1.31. The molecule has 1 amide bonds. The van der Waals surface area contributed by atoms with E-state index in [1.807, 2.05) is 47.0 Å². The topological polar surface area (TPSA) is 37.7 Å². The van der Waals surface area contributed by atoms with Crippen molar-refractivity contribution in [2.75, 3.05) is 33.3 Å². The molecule has 1 aromatic heterocycles. The standard InChI is InChI=1S/C23H31N3O2/c1-24-13-5-7-20(24)22(27)26-16-11-23(12-17-26)9-14-25(15-10-23)18-19-6-3-4-8-21(19)28-2/h3-8,13H,9-12,14-18H2,1-2H3. The summed E-state index contributed by atoms with van der Waals surface area (Å²) in [7, 11) is 3.69. The average Bonchev–Trinajstić information content (AvgIpc) is 3.16. The quantitative estimate of drug-likeness (QED) is 0.813. The van der Waals surface area contributed by atoms with E-state index in [4.69, 9.17) is 4.74 Å². The first-order valence-corrected chi connectivity index (χ1v) is 10.4. The number of aromatic nitrogens is 1. The molecule has 2 aromatic rings. The van der Waals surface area contributed by atoms with Crippen LogP contribution in [0.2, 0.25) is 0 Å². The minimum Gasteiger partial charge on any atom is -0.496 e. The highest BCUT2D eigenvalue weighted by molar-refractivity contribution is 5.92. The summed E-state index contributed by atoms with van der Waals surface area (Å²) in [4.78, 5) is 17.3. The van der Waals surface area contributed by atoms with Gasteiger partial charge in [0.25, 0.3) is 5.91 Å². The first-order valence-electron chi connectivity index (χ1n) is 10.4. The molecule has 0 bridgehead atoms. The van der Waals surface area contributed by atoms with Crippen molar-refractivity contribution in [2.45, 2.75) is 32.2 Å². The second-order valence-corrected chi connectivity index (χ2v) is 8.38. The Morgan fingerprint density at radius 3 is 2.32 bits per heavy atom. The zero-order valence-corrected chi connectivity index (χ0v) is 17.1. The van der Waals surface area contributed by atoms with Crippen molar-refractivity contribution in [1.29, 1.82) is 0 Å². The van der Waals surface area contributed by atoms with Crippen molar-refractivity contribution in [2.24, 2.45) is 12.5 Å². The number of amides is 1. The van der Waals surface area contributed by atoms with Crippen LogP contribution in [-0.2, 0) is 13.6 Å². The zero-order valence-electron chi connectivity index (χ0n) is 17.1. The molecule has 0 N–H and O–H groups in total. The zero-order chi connectivity index (χ0) is 19.6. The van der Waals surface area contributed by atoms with Crippen LogP contribution in [0.3, 0.4) is 0 Å². The Labute approximate surface area is 167 Å². The molecule has 0 atom stereocenters. The van der Waals surface area contributed by atoms with Gasteiger partial charge in [-0.1, -0.05) is 18.2 Å². The lowest BCUT2D eigenvalue weighted by atomic mass is 9.71. The Morgan fingerprint density at radius 1 is 1.00 bits per heavy atom. The van der Waals surface area contributed by atoms with Gasteiger partial charge in [-0.2, -0.15) is 0 Å². The summed E-state index contributed by atoms with van der Waals surface area (Å²) in [6.45, 7) is 4.98. The number of ether oxygens (including phenoxy) is 1. The van der Waals surface area contributed by atoms with Crippen molar-refractivity contribution in [3.05, 3.63) is 53.9 Å². The number of benzene rings is 1. The first kappa shape index (κ1) is 19.1. The molecule has 28 heavy (non-hydrogen) atoms. The molecule has 0 radical (unpaired) electrons. The van der Waals surface area contributed by atoms with Crippen LogP contribution in [0.1, 0.15) is 41.7 Å². The molecule has 1 spiro atoms. The predicted molar refractivity (Wildman–Crippen MR) is 110 cm³/mol. The summed E-state index contributed by atoms with van der Waals surface area (Å²) in [5.74, 6) is 1.16. The van der Waals surface area contributed by atoms with Gasteiger partial charge in [-0.15, -0.1) is 0 Å². The Morgan fingerprint density at radius 2 is 1.68 bits per heavy atom. The lowest BCUT2D eigenvalue weighted by Crippen LogP contribution is -2.48. The molecule has 5 heteroatoms. The molecule has 0 saturated carbocycles. The number of likely N-dealkylation sites (tertiary alicyclic amines) is 2. The van der Waals surface area contributed by atoms with E-state index in [2.05, 4.69) is 17.0 Å². The van der Waals surface area contributed by atoms with Gasteiger partial charge in [-0.05, 0) is 62.4 Å². The van der Waals surface area contributed by atoms with Gasteiger partial charge in [0, 0.05) is 38.4 Å². The van der Waals surface area contributed by atoms with Crippen LogP contribution in [0, 0.1) is 5.41 Å². The molecule has 150 valence electrons. The van der Waals surface area contributed by atoms with Crippen molar-refractivity contribution in [3.8, 4) is 5.75 Å². The van der Waals surface area contributed by atoms with E-state index in [1.165, 1.54) is 18.4 Å². The first-order chi connectivity index (χ1) is 13.6. The number of carbonyl (C=O) groups excluding carboxylic acids is 1. The molecule has 2 aliphatic heterocycles. The number of piperidine rings is 2. The van der Waals surface area contributed by atoms with Gasteiger partial charge in [0.1, 0.15) is 11.4 Å². The molecule has 1 aromatic carbocycles. The van der Waals surface area contributed by atoms with Crippen LogP contribution < -0.4 is 4.74 Å². The van der Waals surface area contributed by atoms with E-state index in [-0.39, 0.29) is 5.91 Å². The maximum atomic E-state index is 12.8. The third-order valence-electron chi connectivity index (χ3n) is 6.78. The molecule has 2 fully saturated rings. The highest BCUT2D eigenvalue weighted by atomic mass is 16.5. The van der Waals surface area contributed by atoms with Gasteiger partial charge >= 0.3 is 0 Å². The van der Waals surface area contributed by atoms with Crippen molar-refractivity contribution in [3.63, 3.8) is 0 Å². The van der Waals surface area contributed by atoms with Crippen LogP contribution in [0.4, 0.5) is 0 Å². The average molecular weight is 382 g/mol. The fourth-order valence-electron chi connectivity index (χ4n) is 4.79. The van der Waals surface area contributed by atoms with Crippen molar-refractivity contribution in [1.82, 2.24) is 14.4 Å². The molecular formula is C23H31N3O2. The number of para-hydroxylation sites is 1. The van der Waals surface area contributed by atoms with E-state index in [9.17, 15) is 4.79 Å². The summed E-state index contributed by atoms with van der Waals surface area (Å²) < 4.78 is 7.42. The normalized spacial score (nSPS) is 19.7. The van der Waals surface area contributed by atoms with Crippen LogP contribution in [0.5, 0.6) is 5.75 Å². The molecule has 3 heterocycles. The highest BCUT2D eigenvalue weighted by Gasteiger charge is 2.38. The second kappa shape index (κ2) is 8.00. The lowest BCUT2D eigenvalue weighted by molar-refractivity contribution is 0.0279. The fraction of sp³-hybridized carbons (Fsp3) is 0.522. The summed E-state index contributed by atoms with van der Waals surface area (Å²) in [5.41, 5.74) is 2.48. The Hall–Kier alpha value is -2.27. The third-order valence-corrected chi connectivity index (χ3v) is 6.78. The smallest absolute Gasteiger partial charge is 0.270 e. The number of methoxy groups -OCH3 is 1. The van der Waals surface area contributed by atoms with Crippen LogP contribution >= 0.6 is 0 Å². The van der Waals surface area contributed by atoms with Gasteiger partial charge in [0.05, 0.1) is 7.11 Å². The number of rotatable bonds is 4. The molecular weight excluding hydrogens is 350 g/mol. The summed E-state index contributed by atoms with van der Waals surface area (Å²) in [6, 6.07) is 12.2. The number of hydrogen-bond donors (Lipinski definition) is 0. The maximum absolute atomic E-state index is 12.8. The van der Waals surface area contributed by atoms with Gasteiger partial charge in [-0.3, -0.25) is 9.69 Å². The van der Waals surface area contributed by atoms with Gasteiger partial charge < -0.3 is 14.2 Å². The van der Waals surface area contributed by atoms with E-state index < -0.39 is 0 Å². The third kappa shape index (κ3) is 3.81. The van der Waals surface area contributed by atoms with Crippen LogP contribution in [0.25, 0.3) is 0 Å². The molecule has 5 nitrogen and oxygen atoms in total. The number of carbonyl (C=O) groups is 1. The minimum atomic E-state index is 0.177. The fourth-order valence-corrected chi connectivity index (χ4v) is 4.79. The van der Waals surface area contributed by atoms with Crippen molar-refractivity contribution >= 4 is 5.91 Å². The van der Waals surface area contributed by atoms with Crippen molar-refractivity contribution < 1.29 is 9.53 Å².